The van der Waals surface area contributed by atoms with E-state index in [9.17, 15) is 4.79 Å². The molecule has 1 rings (SSSR count). The molecule has 1 saturated heterocycles. The van der Waals surface area contributed by atoms with Gasteiger partial charge in [0.1, 0.15) is 0 Å². The molecule has 1 aliphatic heterocycles. The number of ether oxygens (including phenoxy) is 1. The van der Waals surface area contributed by atoms with Crippen LogP contribution in [0.5, 0.6) is 0 Å². The van der Waals surface area contributed by atoms with Gasteiger partial charge in [0.2, 0.25) is 0 Å². The van der Waals surface area contributed by atoms with Gasteiger partial charge in [-0.15, -0.1) is 0 Å². The van der Waals surface area contributed by atoms with Crippen LogP contribution in [0.2, 0.25) is 0 Å². The van der Waals surface area contributed by atoms with E-state index < -0.39 is 0 Å². The maximum Gasteiger partial charge on any atom is 0.307 e. The van der Waals surface area contributed by atoms with Crippen molar-refractivity contribution in [2.45, 2.75) is 39.2 Å². The Bertz CT molecular complexity index is 225. The Morgan fingerprint density at radius 2 is 2.12 bits per heavy atom. The predicted molar refractivity (Wildman–Crippen MR) is 68.9 cm³/mol. The average Bonchev–Trinajstić information content (AvgIpc) is 2.28. The predicted octanol–water partition coefficient (Wildman–Crippen LogP) is 1.26. The van der Waals surface area contributed by atoms with Gasteiger partial charge in [-0.05, 0) is 59.3 Å². The van der Waals surface area contributed by atoms with Gasteiger partial charge < -0.3 is 15.0 Å². The van der Waals surface area contributed by atoms with Crippen LogP contribution in [0.4, 0.5) is 0 Å². The summed E-state index contributed by atoms with van der Waals surface area (Å²) in [5, 5.41) is 3.44. The second-order valence-electron chi connectivity index (χ2n) is 5.07. The Hall–Kier alpha value is -0.610. The van der Waals surface area contributed by atoms with Gasteiger partial charge in [0, 0.05) is 6.04 Å². The second-order valence-corrected chi connectivity index (χ2v) is 5.07. The quantitative estimate of drug-likeness (QED) is 0.712. The van der Waals surface area contributed by atoms with Crippen molar-refractivity contribution in [3.8, 4) is 0 Å². The molecule has 1 unspecified atom stereocenters. The minimum atomic E-state index is -0.101. The zero-order valence-corrected chi connectivity index (χ0v) is 11.4. The van der Waals surface area contributed by atoms with Crippen molar-refractivity contribution < 1.29 is 9.53 Å². The van der Waals surface area contributed by atoms with E-state index in [1.54, 1.807) is 0 Å². The fourth-order valence-corrected chi connectivity index (χ4v) is 2.18. The van der Waals surface area contributed by atoms with Gasteiger partial charge in [0.05, 0.1) is 13.0 Å². The number of rotatable bonds is 6. The highest BCUT2D eigenvalue weighted by Crippen LogP contribution is 2.15. The number of carbonyl (C=O) groups is 1. The number of carbonyl (C=O) groups excluding carboxylic acids is 1. The van der Waals surface area contributed by atoms with Gasteiger partial charge in [0.15, 0.2) is 0 Å². The van der Waals surface area contributed by atoms with Crippen LogP contribution >= 0.6 is 0 Å². The third kappa shape index (κ3) is 6.03. The zero-order chi connectivity index (χ0) is 12.7. The molecular weight excluding hydrogens is 216 g/mol. The number of hydrogen-bond donors (Lipinski definition) is 1. The lowest BCUT2D eigenvalue weighted by Gasteiger charge is -2.29. The summed E-state index contributed by atoms with van der Waals surface area (Å²) in [6, 6.07) is 0.216. The van der Waals surface area contributed by atoms with Gasteiger partial charge in [-0.3, -0.25) is 4.79 Å². The molecule has 0 spiro atoms. The lowest BCUT2D eigenvalue weighted by atomic mass is 9.97. The minimum Gasteiger partial charge on any atom is -0.466 e. The normalized spacial score (nSPS) is 20.2. The van der Waals surface area contributed by atoms with E-state index in [0.29, 0.717) is 13.0 Å². The largest absolute Gasteiger partial charge is 0.466 e. The molecule has 17 heavy (non-hydrogen) atoms. The van der Waals surface area contributed by atoms with E-state index in [2.05, 4.69) is 17.3 Å². The van der Waals surface area contributed by atoms with E-state index in [4.69, 9.17) is 4.74 Å². The summed E-state index contributed by atoms with van der Waals surface area (Å²) in [7, 11) is 2.17. The fourth-order valence-electron chi connectivity index (χ4n) is 2.18. The molecular formula is C13H26N2O2. The first-order valence-corrected chi connectivity index (χ1v) is 6.69. The van der Waals surface area contributed by atoms with Crippen LogP contribution in [0.15, 0.2) is 0 Å². The number of nitrogens with one attached hydrogen (secondary N) is 1. The van der Waals surface area contributed by atoms with Gasteiger partial charge in [0.25, 0.3) is 0 Å². The number of esters is 1. The Balaban J connectivity index is 2.11. The van der Waals surface area contributed by atoms with Crippen LogP contribution in [0.1, 0.15) is 33.1 Å². The van der Waals surface area contributed by atoms with Crippen molar-refractivity contribution >= 4 is 5.97 Å². The standard InChI is InChI=1S/C13H26N2O2/c1-4-17-13(16)9-11(2)14-10-12-5-7-15(3)8-6-12/h11-12,14H,4-10H2,1-3H3. The number of piperidine rings is 1. The fraction of sp³-hybridized carbons (Fsp3) is 0.923. The molecule has 0 amide bonds. The van der Waals surface area contributed by atoms with Crippen molar-refractivity contribution in [2.75, 3.05) is 33.3 Å². The van der Waals surface area contributed by atoms with E-state index in [-0.39, 0.29) is 12.0 Å². The topological polar surface area (TPSA) is 41.6 Å². The van der Waals surface area contributed by atoms with Crippen molar-refractivity contribution in [3.05, 3.63) is 0 Å². The van der Waals surface area contributed by atoms with Crippen molar-refractivity contribution in [2.24, 2.45) is 5.92 Å². The molecule has 1 fully saturated rings. The SMILES string of the molecule is CCOC(=O)CC(C)NCC1CCN(C)CC1. The Labute approximate surface area is 105 Å². The molecule has 4 heteroatoms. The summed E-state index contributed by atoms with van der Waals surface area (Å²) in [4.78, 5) is 13.7. The van der Waals surface area contributed by atoms with Crippen molar-refractivity contribution in [1.29, 1.82) is 0 Å². The summed E-state index contributed by atoms with van der Waals surface area (Å²) < 4.78 is 4.93. The zero-order valence-electron chi connectivity index (χ0n) is 11.4. The van der Waals surface area contributed by atoms with E-state index >= 15 is 0 Å². The van der Waals surface area contributed by atoms with E-state index in [1.807, 2.05) is 13.8 Å². The maximum atomic E-state index is 11.3. The number of hydrogen-bond acceptors (Lipinski definition) is 4. The monoisotopic (exact) mass is 242 g/mol. The summed E-state index contributed by atoms with van der Waals surface area (Å²) in [6.45, 7) is 7.77. The molecule has 0 aromatic carbocycles. The van der Waals surface area contributed by atoms with Crippen LogP contribution < -0.4 is 5.32 Å². The average molecular weight is 242 g/mol. The van der Waals surface area contributed by atoms with Crippen LogP contribution in [0, 0.1) is 5.92 Å². The molecule has 0 saturated carbocycles. The Kier molecular flexibility index (Phi) is 6.52. The van der Waals surface area contributed by atoms with Gasteiger partial charge in [-0.25, -0.2) is 0 Å². The molecule has 0 aromatic heterocycles. The summed E-state index contributed by atoms with van der Waals surface area (Å²) in [5.74, 6) is 0.659. The Morgan fingerprint density at radius 3 is 2.71 bits per heavy atom. The molecule has 1 heterocycles. The second kappa shape index (κ2) is 7.67. The molecule has 0 aliphatic carbocycles. The first kappa shape index (κ1) is 14.5. The minimum absolute atomic E-state index is 0.101. The molecule has 1 N–H and O–H groups in total. The molecule has 0 aromatic rings. The molecule has 100 valence electrons. The highest BCUT2D eigenvalue weighted by Gasteiger charge is 2.17. The van der Waals surface area contributed by atoms with Crippen LogP contribution in [-0.4, -0.2) is 50.2 Å². The molecule has 0 radical (unpaired) electrons. The Morgan fingerprint density at radius 1 is 1.47 bits per heavy atom. The first-order chi connectivity index (χ1) is 8.11. The summed E-state index contributed by atoms with van der Waals surface area (Å²) in [5.41, 5.74) is 0. The van der Waals surface area contributed by atoms with Crippen LogP contribution in [0.3, 0.4) is 0 Å². The lowest BCUT2D eigenvalue weighted by molar-refractivity contribution is -0.143. The maximum absolute atomic E-state index is 11.3. The molecule has 4 nitrogen and oxygen atoms in total. The summed E-state index contributed by atoms with van der Waals surface area (Å²) >= 11 is 0. The molecule has 1 atom stereocenters. The van der Waals surface area contributed by atoms with Gasteiger partial charge >= 0.3 is 5.97 Å². The third-order valence-corrected chi connectivity index (χ3v) is 3.37. The number of nitrogens with zero attached hydrogens (tertiary/aromatic N) is 1. The van der Waals surface area contributed by atoms with Crippen molar-refractivity contribution in [3.63, 3.8) is 0 Å². The van der Waals surface area contributed by atoms with E-state index in [1.165, 1.54) is 25.9 Å². The van der Waals surface area contributed by atoms with Gasteiger partial charge in [-0.1, -0.05) is 0 Å². The smallest absolute Gasteiger partial charge is 0.307 e. The highest BCUT2D eigenvalue weighted by atomic mass is 16.5. The van der Waals surface area contributed by atoms with Gasteiger partial charge in [-0.2, -0.15) is 0 Å². The van der Waals surface area contributed by atoms with Crippen LogP contribution in [0.25, 0.3) is 0 Å². The van der Waals surface area contributed by atoms with Crippen molar-refractivity contribution in [1.82, 2.24) is 10.2 Å². The molecule has 0 bridgehead atoms. The molecule has 1 aliphatic rings. The highest BCUT2D eigenvalue weighted by molar-refractivity contribution is 5.69. The third-order valence-electron chi connectivity index (χ3n) is 3.37. The first-order valence-electron chi connectivity index (χ1n) is 6.69. The lowest BCUT2D eigenvalue weighted by Crippen LogP contribution is -2.38. The number of likely N-dealkylation sites (tertiary alicyclic amines) is 1. The summed E-state index contributed by atoms with van der Waals surface area (Å²) in [6.07, 6.45) is 2.99. The van der Waals surface area contributed by atoms with E-state index in [0.717, 1.165) is 12.5 Å². The van der Waals surface area contributed by atoms with Crippen LogP contribution in [-0.2, 0) is 9.53 Å².